The summed E-state index contributed by atoms with van der Waals surface area (Å²) in [6.45, 7) is 0.981. The second kappa shape index (κ2) is 11.8. The van der Waals surface area contributed by atoms with Gasteiger partial charge in [-0.3, -0.25) is 0 Å². The molecule has 3 aromatic carbocycles. The highest BCUT2D eigenvalue weighted by Gasteiger charge is 2.27. The Morgan fingerprint density at radius 2 is 1.85 bits per heavy atom. The summed E-state index contributed by atoms with van der Waals surface area (Å²) in [6.07, 6.45) is 3.64. The minimum atomic E-state index is -3.23. The number of nitrogens with one attached hydrogen (secondary N) is 1. The van der Waals surface area contributed by atoms with Gasteiger partial charge in [-0.1, -0.05) is 23.7 Å². The highest BCUT2D eigenvalue weighted by atomic mass is 35.5. The van der Waals surface area contributed by atoms with E-state index in [0.717, 1.165) is 0 Å². The quantitative estimate of drug-likeness (QED) is 0.272. The third kappa shape index (κ3) is 6.55. The Labute approximate surface area is 236 Å². The molecule has 1 fully saturated rings. The molecule has 40 heavy (non-hydrogen) atoms. The summed E-state index contributed by atoms with van der Waals surface area (Å²) in [7, 11) is -1.67. The van der Waals surface area contributed by atoms with Crippen molar-refractivity contribution in [3.05, 3.63) is 77.3 Å². The van der Waals surface area contributed by atoms with Gasteiger partial charge >= 0.3 is 0 Å². The summed E-state index contributed by atoms with van der Waals surface area (Å²) in [5.74, 6) is 1.71. The first-order chi connectivity index (χ1) is 19.2. The van der Waals surface area contributed by atoms with E-state index in [1.165, 1.54) is 29.0 Å². The van der Waals surface area contributed by atoms with Crippen LogP contribution < -0.4 is 19.5 Å². The topological polar surface area (TPSA) is 103 Å². The lowest BCUT2D eigenvalue weighted by atomic mass is 10.1. The Morgan fingerprint density at radius 3 is 2.55 bits per heavy atom. The van der Waals surface area contributed by atoms with E-state index in [1.807, 2.05) is 6.07 Å². The maximum absolute atomic E-state index is 13.4. The molecular weight excluding hydrogens is 559 g/mol. The molecule has 0 radical (unpaired) electrons. The van der Waals surface area contributed by atoms with Crippen LogP contribution in [0.15, 0.2) is 60.9 Å². The first-order valence-electron chi connectivity index (χ1n) is 12.6. The molecule has 1 N–H and O–H groups in total. The van der Waals surface area contributed by atoms with Gasteiger partial charge in [0.2, 0.25) is 10.0 Å². The van der Waals surface area contributed by atoms with Crippen molar-refractivity contribution in [2.24, 2.45) is 0 Å². The number of fused-ring (bicyclic) bond motifs is 1. The van der Waals surface area contributed by atoms with Gasteiger partial charge in [-0.2, -0.15) is 0 Å². The number of halogens is 2. The second-order valence-electron chi connectivity index (χ2n) is 9.41. The Hall–Kier alpha value is -3.67. The smallest absolute Gasteiger partial charge is 0.211 e. The van der Waals surface area contributed by atoms with Crippen LogP contribution in [0.25, 0.3) is 10.9 Å². The van der Waals surface area contributed by atoms with Crippen LogP contribution in [0.4, 0.5) is 15.9 Å². The van der Waals surface area contributed by atoms with Crippen LogP contribution in [-0.4, -0.2) is 55.3 Å². The lowest BCUT2D eigenvalue weighted by Crippen LogP contribution is -2.41. The fourth-order valence-corrected chi connectivity index (χ4v) is 5.61. The Morgan fingerprint density at radius 1 is 1.05 bits per heavy atom. The molecule has 0 saturated carbocycles. The second-order valence-corrected chi connectivity index (χ2v) is 11.8. The number of hydrogen-bond acceptors (Lipinski definition) is 8. The molecule has 4 aromatic rings. The van der Waals surface area contributed by atoms with Crippen LogP contribution in [0.2, 0.25) is 5.02 Å². The third-order valence-electron chi connectivity index (χ3n) is 6.56. The molecule has 1 saturated heterocycles. The van der Waals surface area contributed by atoms with Crippen LogP contribution in [0, 0.1) is 5.82 Å². The van der Waals surface area contributed by atoms with Crippen molar-refractivity contribution in [3.63, 3.8) is 0 Å². The van der Waals surface area contributed by atoms with Gasteiger partial charge in [-0.15, -0.1) is 0 Å². The van der Waals surface area contributed by atoms with Crippen LogP contribution >= 0.6 is 11.6 Å². The first kappa shape index (κ1) is 27.9. The number of hydrogen-bond donors (Lipinski definition) is 1. The van der Waals surface area contributed by atoms with E-state index >= 15 is 0 Å². The molecule has 0 atom stereocenters. The van der Waals surface area contributed by atoms with Crippen molar-refractivity contribution in [2.75, 3.05) is 31.8 Å². The van der Waals surface area contributed by atoms with Gasteiger partial charge in [0.05, 0.1) is 23.9 Å². The fourth-order valence-electron chi connectivity index (χ4n) is 4.50. The number of piperidine rings is 1. The number of benzene rings is 3. The van der Waals surface area contributed by atoms with Crippen LogP contribution in [-0.2, 0) is 16.6 Å². The Balaban J connectivity index is 1.33. The summed E-state index contributed by atoms with van der Waals surface area (Å²) in [5, 5.41) is 4.36. The summed E-state index contributed by atoms with van der Waals surface area (Å²) >= 11 is 6.47. The van der Waals surface area contributed by atoms with Crippen molar-refractivity contribution < 1.29 is 27.0 Å². The molecule has 0 aliphatic carbocycles. The maximum Gasteiger partial charge on any atom is 0.211 e. The van der Waals surface area contributed by atoms with Crippen LogP contribution in [0.3, 0.4) is 0 Å². The monoisotopic (exact) mass is 586 g/mol. The van der Waals surface area contributed by atoms with E-state index < -0.39 is 10.0 Å². The fraction of sp³-hybridized carbons (Fsp3) is 0.286. The van der Waals surface area contributed by atoms with Gasteiger partial charge in [0.25, 0.3) is 0 Å². The van der Waals surface area contributed by atoms with Gasteiger partial charge in [0, 0.05) is 30.2 Å². The standard InChI is InChI=1S/C28H28ClFN4O5S/c1-37-26-15-24-22(14-27(26)39-21-8-10-34(11-9-21)40(2,35)36)28(32-17-31-24)33-20-6-7-25(23(29)13-20)38-16-18-4-3-5-19(30)12-18/h3-7,12-15,17,21H,8-11,16H2,1-2H3,(H,31,32,33). The molecule has 0 unspecified atom stereocenters. The number of methoxy groups -OCH3 is 1. The lowest BCUT2D eigenvalue weighted by molar-refractivity contribution is 0.131. The molecule has 210 valence electrons. The predicted octanol–water partition coefficient (Wildman–Crippen LogP) is 5.56. The molecule has 1 aliphatic heterocycles. The Bertz CT molecular complexity index is 1630. The molecular formula is C28H28ClFN4O5S. The van der Waals surface area contributed by atoms with Crippen molar-refractivity contribution in [1.29, 1.82) is 0 Å². The number of nitrogens with zero attached hydrogens (tertiary/aromatic N) is 3. The van der Waals surface area contributed by atoms with E-state index in [-0.39, 0.29) is 18.5 Å². The van der Waals surface area contributed by atoms with Gasteiger partial charge in [-0.25, -0.2) is 27.1 Å². The van der Waals surface area contributed by atoms with E-state index in [1.54, 1.807) is 43.5 Å². The number of aromatic nitrogens is 2. The molecule has 5 rings (SSSR count). The zero-order valence-electron chi connectivity index (χ0n) is 21.9. The number of anilines is 2. The van der Waals surface area contributed by atoms with E-state index in [9.17, 15) is 12.8 Å². The van der Waals surface area contributed by atoms with Crippen molar-refractivity contribution in [2.45, 2.75) is 25.6 Å². The number of rotatable bonds is 9. The lowest BCUT2D eigenvalue weighted by Gasteiger charge is -2.30. The van der Waals surface area contributed by atoms with Gasteiger partial charge in [-0.05, 0) is 54.8 Å². The van der Waals surface area contributed by atoms with E-state index in [4.69, 9.17) is 25.8 Å². The average molecular weight is 587 g/mol. The zero-order chi connectivity index (χ0) is 28.3. The zero-order valence-corrected chi connectivity index (χ0v) is 23.5. The Kier molecular flexibility index (Phi) is 8.24. The van der Waals surface area contributed by atoms with Gasteiger partial charge in [0.1, 0.15) is 36.4 Å². The normalized spacial score (nSPS) is 14.7. The van der Waals surface area contributed by atoms with Crippen molar-refractivity contribution >= 4 is 44.0 Å². The first-order valence-corrected chi connectivity index (χ1v) is 14.8. The minimum Gasteiger partial charge on any atom is -0.493 e. The molecule has 1 aromatic heterocycles. The van der Waals surface area contributed by atoms with Gasteiger partial charge in [0.15, 0.2) is 11.5 Å². The summed E-state index contributed by atoms with van der Waals surface area (Å²) in [4.78, 5) is 8.79. The van der Waals surface area contributed by atoms with E-state index in [0.29, 0.717) is 76.2 Å². The number of ether oxygens (including phenoxy) is 3. The molecule has 9 nitrogen and oxygen atoms in total. The minimum absolute atomic E-state index is 0.163. The summed E-state index contributed by atoms with van der Waals surface area (Å²) in [6, 6.07) is 15.0. The maximum atomic E-state index is 13.4. The van der Waals surface area contributed by atoms with E-state index in [2.05, 4.69) is 15.3 Å². The molecule has 12 heteroatoms. The largest absolute Gasteiger partial charge is 0.493 e. The molecule has 0 spiro atoms. The molecule has 2 heterocycles. The average Bonchev–Trinajstić information content (AvgIpc) is 2.92. The van der Waals surface area contributed by atoms with Crippen LogP contribution in [0.5, 0.6) is 17.2 Å². The van der Waals surface area contributed by atoms with Gasteiger partial charge < -0.3 is 19.5 Å². The third-order valence-corrected chi connectivity index (χ3v) is 8.16. The van der Waals surface area contributed by atoms with Crippen LogP contribution in [0.1, 0.15) is 18.4 Å². The van der Waals surface area contributed by atoms with Crippen molar-refractivity contribution in [1.82, 2.24) is 14.3 Å². The molecule has 1 aliphatic rings. The van der Waals surface area contributed by atoms with Crippen molar-refractivity contribution in [3.8, 4) is 17.2 Å². The highest BCUT2D eigenvalue weighted by molar-refractivity contribution is 7.88. The number of sulfonamides is 1. The highest BCUT2D eigenvalue weighted by Crippen LogP contribution is 2.37. The summed E-state index contributed by atoms with van der Waals surface area (Å²) in [5.41, 5.74) is 2.02. The predicted molar refractivity (Wildman–Crippen MR) is 152 cm³/mol. The summed E-state index contributed by atoms with van der Waals surface area (Å²) < 4.78 is 56.2. The SMILES string of the molecule is COc1cc2ncnc(Nc3ccc(OCc4cccc(F)c4)c(Cl)c3)c2cc1OC1CCN(S(C)(=O)=O)CC1. The molecule has 0 amide bonds. The molecule has 0 bridgehead atoms.